The second kappa shape index (κ2) is 7.87. The molecule has 0 spiro atoms. The van der Waals surface area contributed by atoms with Crippen molar-refractivity contribution in [2.24, 2.45) is 0 Å². The lowest BCUT2D eigenvalue weighted by atomic mass is 9.92. The molecule has 0 saturated carbocycles. The van der Waals surface area contributed by atoms with Gasteiger partial charge in [0, 0.05) is 35.8 Å². The highest BCUT2D eigenvalue weighted by Gasteiger charge is 2.30. The Hall–Kier alpha value is -3.11. The van der Waals surface area contributed by atoms with E-state index in [9.17, 15) is 4.79 Å². The van der Waals surface area contributed by atoms with Gasteiger partial charge < -0.3 is 9.72 Å². The number of fused-ring (bicyclic) bond motifs is 3. The van der Waals surface area contributed by atoms with Gasteiger partial charge in [-0.3, -0.25) is 4.90 Å². The third-order valence-corrected chi connectivity index (χ3v) is 5.36. The summed E-state index contributed by atoms with van der Waals surface area (Å²) in [6.07, 6.45) is 6.21. The van der Waals surface area contributed by atoms with Gasteiger partial charge >= 0.3 is 5.97 Å². The van der Waals surface area contributed by atoms with Gasteiger partial charge in [-0.05, 0) is 35.3 Å². The Kier molecular flexibility index (Phi) is 5.13. The van der Waals surface area contributed by atoms with Crippen molar-refractivity contribution >= 4 is 22.9 Å². The van der Waals surface area contributed by atoms with Crippen LogP contribution in [0, 0.1) is 0 Å². The largest absolute Gasteiger partial charge is 0.466 e. The zero-order valence-electron chi connectivity index (χ0n) is 16.0. The van der Waals surface area contributed by atoms with Crippen LogP contribution < -0.4 is 0 Å². The van der Waals surface area contributed by atoms with Crippen molar-refractivity contribution in [3.05, 3.63) is 89.6 Å². The van der Waals surface area contributed by atoms with Crippen molar-refractivity contribution in [3.8, 4) is 0 Å². The molecule has 142 valence electrons. The normalized spacial score (nSPS) is 17.0. The number of nitrogens with zero attached hydrogens (tertiary/aromatic N) is 1. The Labute approximate surface area is 165 Å². The number of nitrogens with one attached hydrogen (secondary N) is 1. The summed E-state index contributed by atoms with van der Waals surface area (Å²) >= 11 is 0. The van der Waals surface area contributed by atoms with E-state index in [-0.39, 0.29) is 12.0 Å². The molecule has 4 nitrogen and oxygen atoms in total. The molecule has 3 aromatic rings. The molecule has 1 atom stereocenters. The topological polar surface area (TPSA) is 45.3 Å². The van der Waals surface area contributed by atoms with Crippen LogP contribution in [0.25, 0.3) is 17.0 Å². The molecule has 0 saturated heterocycles. The van der Waals surface area contributed by atoms with Crippen LogP contribution in [0.2, 0.25) is 0 Å². The van der Waals surface area contributed by atoms with Gasteiger partial charge in [0.05, 0.1) is 13.2 Å². The maximum Gasteiger partial charge on any atom is 0.330 e. The molecule has 0 unspecified atom stereocenters. The Morgan fingerprint density at radius 3 is 2.79 bits per heavy atom. The monoisotopic (exact) mass is 372 g/mol. The molecule has 1 aliphatic rings. The summed E-state index contributed by atoms with van der Waals surface area (Å²) in [5, 5.41) is 1.32. The first-order chi connectivity index (χ1) is 13.7. The molecule has 2 heterocycles. The summed E-state index contributed by atoms with van der Waals surface area (Å²) in [5.41, 5.74) is 6.07. The molecule has 0 amide bonds. The van der Waals surface area contributed by atoms with E-state index in [0.717, 1.165) is 25.1 Å². The van der Waals surface area contributed by atoms with E-state index in [1.54, 1.807) is 6.08 Å². The molecular formula is C24H24N2O2. The molecular weight excluding hydrogens is 348 g/mol. The van der Waals surface area contributed by atoms with Gasteiger partial charge in [-0.2, -0.15) is 0 Å². The summed E-state index contributed by atoms with van der Waals surface area (Å²) in [5.74, 6) is -0.351. The number of hydrogen-bond acceptors (Lipinski definition) is 3. The molecule has 0 radical (unpaired) electrons. The lowest BCUT2D eigenvalue weighted by Gasteiger charge is -2.35. The SMILES string of the molecule is C=CCN1CCc2c([nH]c3ccccc23)[C@@H]1c1ccc(/C=C/C(=O)OC)cc1. The van der Waals surface area contributed by atoms with Crippen LogP contribution in [-0.2, 0) is 16.0 Å². The van der Waals surface area contributed by atoms with Crippen molar-refractivity contribution < 1.29 is 9.53 Å². The molecule has 0 fully saturated rings. The number of benzene rings is 2. The average Bonchev–Trinajstić information content (AvgIpc) is 3.11. The van der Waals surface area contributed by atoms with Gasteiger partial charge in [-0.15, -0.1) is 6.58 Å². The third kappa shape index (κ3) is 3.39. The fourth-order valence-corrected chi connectivity index (χ4v) is 4.05. The van der Waals surface area contributed by atoms with E-state index >= 15 is 0 Å². The van der Waals surface area contributed by atoms with Gasteiger partial charge in [0.2, 0.25) is 0 Å². The van der Waals surface area contributed by atoms with E-state index in [1.807, 2.05) is 18.2 Å². The molecule has 0 aliphatic carbocycles. The molecule has 28 heavy (non-hydrogen) atoms. The first kappa shape index (κ1) is 18.3. The summed E-state index contributed by atoms with van der Waals surface area (Å²) in [7, 11) is 1.38. The number of aromatic amines is 1. The predicted molar refractivity (Wildman–Crippen MR) is 113 cm³/mol. The average molecular weight is 372 g/mol. The number of methoxy groups -OCH3 is 1. The number of rotatable bonds is 5. The fourth-order valence-electron chi connectivity index (χ4n) is 4.05. The highest BCUT2D eigenvalue weighted by atomic mass is 16.5. The number of para-hydroxylation sites is 1. The van der Waals surface area contributed by atoms with Crippen molar-refractivity contribution in [1.82, 2.24) is 9.88 Å². The molecule has 4 heteroatoms. The Morgan fingerprint density at radius 1 is 1.25 bits per heavy atom. The summed E-state index contributed by atoms with van der Waals surface area (Å²) in [6, 6.07) is 17.0. The second-order valence-corrected chi connectivity index (χ2v) is 7.02. The van der Waals surface area contributed by atoms with Crippen molar-refractivity contribution in [1.29, 1.82) is 0 Å². The van der Waals surface area contributed by atoms with Gasteiger partial charge in [0.15, 0.2) is 0 Å². The molecule has 1 aromatic heterocycles. The van der Waals surface area contributed by atoms with E-state index in [0.29, 0.717) is 0 Å². The number of esters is 1. The van der Waals surface area contributed by atoms with E-state index in [2.05, 4.69) is 57.6 Å². The molecule has 0 bridgehead atoms. The number of carbonyl (C=O) groups is 1. The first-order valence-corrected chi connectivity index (χ1v) is 9.51. The van der Waals surface area contributed by atoms with E-state index < -0.39 is 0 Å². The van der Waals surface area contributed by atoms with Gasteiger partial charge in [0.25, 0.3) is 0 Å². The summed E-state index contributed by atoms with van der Waals surface area (Å²) < 4.78 is 4.65. The van der Waals surface area contributed by atoms with Crippen LogP contribution in [-0.4, -0.2) is 36.1 Å². The number of carbonyl (C=O) groups excluding carboxylic acids is 1. The van der Waals surface area contributed by atoms with Gasteiger partial charge in [-0.25, -0.2) is 4.79 Å². The Morgan fingerprint density at radius 2 is 2.04 bits per heavy atom. The molecule has 2 aromatic carbocycles. The third-order valence-electron chi connectivity index (χ3n) is 5.36. The quantitative estimate of drug-likeness (QED) is 0.408. The maximum atomic E-state index is 11.3. The summed E-state index contributed by atoms with van der Waals surface area (Å²) in [4.78, 5) is 17.4. The minimum absolute atomic E-state index is 0.160. The van der Waals surface area contributed by atoms with Crippen LogP contribution in [0.15, 0.2) is 67.3 Å². The van der Waals surface area contributed by atoms with Crippen molar-refractivity contribution in [2.75, 3.05) is 20.2 Å². The lowest BCUT2D eigenvalue weighted by molar-refractivity contribution is -0.134. The zero-order chi connectivity index (χ0) is 19.5. The standard InChI is InChI=1S/C24H24N2O2/c1-3-15-26-16-14-20-19-6-4-5-7-21(19)25-23(20)24(26)18-11-8-17(9-12-18)10-13-22(27)28-2/h3-13,24-25H,1,14-16H2,2H3/b13-10+/t24-/m0/s1. The highest BCUT2D eigenvalue weighted by Crippen LogP contribution is 2.38. The second-order valence-electron chi connectivity index (χ2n) is 7.02. The van der Waals surface area contributed by atoms with Crippen LogP contribution in [0.1, 0.15) is 28.4 Å². The predicted octanol–water partition coefficient (Wildman–Crippen LogP) is 4.49. The number of H-pyrrole nitrogens is 1. The smallest absolute Gasteiger partial charge is 0.330 e. The number of aromatic nitrogens is 1. The molecule has 1 N–H and O–H groups in total. The minimum atomic E-state index is -0.351. The molecule has 1 aliphatic heterocycles. The van der Waals surface area contributed by atoms with Crippen LogP contribution in [0.3, 0.4) is 0 Å². The van der Waals surface area contributed by atoms with Gasteiger partial charge in [0.1, 0.15) is 0 Å². The molecule has 4 rings (SSSR count). The first-order valence-electron chi connectivity index (χ1n) is 9.51. The van der Waals surface area contributed by atoms with Crippen molar-refractivity contribution in [3.63, 3.8) is 0 Å². The number of ether oxygens (including phenoxy) is 1. The van der Waals surface area contributed by atoms with Crippen LogP contribution in [0.4, 0.5) is 0 Å². The Balaban J connectivity index is 1.72. The number of hydrogen-bond donors (Lipinski definition) is 1. The van der Waals surface area contributed by atoms with E-state index in [4.69, 9.17) is 0 Å². The lowest BCUT2D eigenvalue weighted by Crippen LogP contribution is -2.36. The van der Waals surface area contributed by atoms with Crippen LogP contribution in [0.5, 0.6) is 0 Å². The van der Waals surface area contributed by atoms with Crippen molar-refractivity contribution in [2.45, 2.75) is 12.5 Å². The van der Waals surface area contributed by atoms with Gasteiger partial charge in [-0.1, -0.05) is 48.5 Å². The Bertz CT molecular complexity index is 1030. The fraction of sp³-hybridized carbons (Fsp3) is 0.208. The maximum absolute atomic E-state index is 11.3. The summed E-state index contributed by atoms with van der Waals surface area (Å²) in [6.45, 7) is 5.77. The minimum Gasteiger partial charge on any atom is -0.466 e. The zero-order valence-corrected chi connectivity index (χ0v) is 16.0. The highest BCUT2D eigenvalue weighted by molar-refractivity contribution is 5.87. The van der Waals surface area contributed by atoms with E-state index in [1.165, 1.54) is 40.9 Å². The van der Waals surface area contributed by atoms with Crippen LogP contribution >= 0.6 is 0 Å².